The van der Waals surface area contributed by atoms with E-state index in [0.717, 1.165) is 33.2 Å². The van der Waals surface area contributed by atoms with E-state index in [1.165, 1.54) is 11.8 Å². The number of amides is 1. The number of hydrogen-bond donors (Lipinski definition) is 1. The van der Waals surface area contributed by atoms with E-state index in [9.17, 15) is 4.79 Å². The number of carbonyl (C=O) groups is 1. The molecular weight excluding hydrogens is 394 g/mol. The second kappa shape index (κ2) is 9.50. The number of para-hydroxylation sites is 2. The lowest BCUT2D eigenvalue weighted by atomic mass is 10.2. The molecule has 4 aromatic rings. The van der Waals surface area contributed by atoms with Crippen LogP contribution in [0.5, 0.6) is 5.75 Å². The van der Waals surface area contributed by atoms with Crippen LogP contribution < -0.4 is 10.1 Å². The molecule has 6 heteroatoms. The molecule has 0 atom stereocenters. The number of carbonyl (C=O) groups excluding carboxylic acids is 1. The van der Waals surface area contributed by atoms with Crippen molar-refractivity contribution in [2.45, 2.75) is 18.6 Å². The van der Waals surface area contributed by atoms with E-state index in [0.29, 0.717) is 18.9 Å². The summed E-state index contributed by atoms with van der Waals surface area (Å²) in [6, 6.07) is 25.8. The fraction of sp³-hybridized carbons (Fsp3) is 0.167. The van der Waals surface area contributed by atoms with Gasteiger partial charge in [0.1, 0.15) is 5.75 Å². The Morgan fingerprint density at radius 1 is 1.00 bits per heavy atom. The van der Waals surface area contributed by atoms with Gasteiger partial charge < -0.3 is 10.1 Å². The summed E-state index contributed by atoms with van der Waals surface area (Å²) >= 11 is 1.43. The third-order valence-electron chi connectivity index (χ3n) is 4.60. The molecule has 0 radical (unpaired) electrons. The van der Waals surface area contributed by atoms with Crippen LogP contribution in [0, 0.1) is 0 Å². The van der Waals surface area contributed by atoms with Crippen LogP contribution in [-0.2, 0) is 11.3 Å². The fourth-order valence-electron chi connectivity index (χ4n) is 3.19. The topological polar surface area (TPSA) is 56.1 Å². The average Bonchev–Trinajstić information content (AvgIpc) is 3.16. The summed E-state index contributed by atoms with van der Waals surface area (Å²) in [6.07, 6.45) is 0. The van der Waals surface area contributed by atoms with E-state index in [4.69, 9.17) is 9.72 Å². The minimum atomic E-state index is -0.0193. The number of thioether (sulfide) groups is 1. The predicted molar refractivity (Wildman–Crippen MR) is 121 cm³/mol. The van der Waals surface area contributed by atoms with Gasteiger partial charge in [-0.05, 0) is 48.9 Å². The standard InChI is InChI=1S/C24H23N3O2S/c1-2-29-20-14-12-19(13-15-20)27-22-11-7-6-10-21(22)26-24(27)30-17-23(28)25-16-18-8-4-3-5-9-18/h3-15H,2,16-17H2,1H3,(H,25,28). The van der Waals surface area contributed by atoms with Crippen LogP contribution in [0.3, 0.4) is 0 Å². The van der Waals surface area contributed by atoms with E-state index in [1.54, 1.807) is 0 Å². The van der Waals surface area contributed by atoms with Gasteiger partial charge in [-0.1, -0.05) is 54.2 Å². The molecule has 1 heterocycles. The third kappa shape index (κ3) is 4.66. The number of nitrogens with one attached hydrogen (secondary N) is 1. The molecule has 0 aliphatic rings. The molecule has 0 unspecified atom stereocenters. The first-order valence-corrected chi connectivity index (χ1v) is 10.9. The number of imidazole rings is 1. The summed E-state index contributed by atoms with van der Waals surface area (Å²) in [4.78, 5) is 17.1. The van der Waals surface area contributed by atoms with Gasteiger partial charge in [-0.25, -0.2) is 4.98 Å². The third-order valence-corrected chi connectivity index (χ3v) is 5.54. The molecule has 152 valence electrons. The summed E-state index contributed by atoms with van der Waals surface area (Å²) in [5.74, 6) is 1.11. The molecule has 5 nitrogen and oxygen atoms in total. The number of nitrogens with zero attached hydrogens (tertiary/aromatic N) is 2. The molecule has 1 N–H and O–H groups in total. The molecular formula is C24H23N3O2S. The number of rotatable bonds is 8. The fourth-order valence-corrected chi connectivity index (χ4v) is 4.04. The second-order valence-electron chi connectivity index (χ2n) is 6.70. The number of benzene rings is 3. The molecule has 30 heavy (non-hydrogen) atoms. The van der Waals surface area contributed by atoms with Crippen molar-refractivity contribution < 1.29 is 9.53 Å². The van der Waals surface area contributed by atoms with Gasteiger partial charge >= 0.3 is 0 Å². The SMILES string of the molecule is CCOc1ccc(-n2c(SCC(=O)NCc3ccccc3)nc3ccccc32)cc1. The van der Waals surface area contributed by atoms with Gasteiger partial charge in [0.2, 0.25) is 5.91 Å². The summed E-state index contributed by atoms with van der Waals surface area (Å²) in [5.41, 5.74) is 3.98. The largest absolute Gasteiger partial charge is 0.494 e. The second-order valence-corrected chi connectivity index (χ2v) is 7.64. The first kappa shape index (κ1) is 20.0. The summed E-state index contributed by atoms with van der Waals surface area (Å²) in [5, 5.41) is 3.76. The lowest BCUT2D eigenvalue weighted by molar-refractivity contribution is -0.118. The Hall–Kier alpha value is -3.25. The van der Waals surface area contributed by atoms with Crippen LogP contribution in [0.2, 0.25) is 0 Å². The van der Waals surface area contributed by atoms with Crippen LogP contribution in [0.1, 0.15) is 12.5 Å². The maximum Gasteiger partial charge on any atom is 0.230 e. The van der Waals surface area contributed by atoms with E-state index in [2.05, 4.69) is 9.88 Å². The minimum Gasteiger partial charge on any atom is -0.494 e. The Bertz CT molecular complexity index is 1120. The summed E-state index contributed by atoms with van der Waals surface area (Å²) in [6.45, 7) is 3.12. The Kier molecular flexibility index (Phi) is 6.35. The lowest BCUT2D eigenvalue weighted by Gasteiger charge is -2.10. The van der Waals surface area contributed by atoms with Gasteiger partial charge in [0.25, 0.3) is 0 Å². The summed E-state index contributed by atoms with van der Waals surface area (Å²) < 4.78 is 7.64. The highest BCUT2D eigenvalue weighted by atomic mass is 32.2. The predicted octanol–water partition coefficient (Wildman–Crippen LogP) is 4.83. The van der Waals surface area contributed by atoms with E-state index in [1.807, 2.05) is 85.8 Å². The molecule has 3 aromatic carbocycles. The van der Waals surface area contributed by atoms with Crippen LogP contribution >= 0.6 is 11.8 Å². The molecule has 4 rings (SSSR count). The molecule has 0 aliphatic heterocycles. The molecule has 0 saturated heterocycles. The van der Waals surface area contributed by atoms with E-state index in [-0.39, 0.29) is 5.91 Å². The highest BCUT2D eigenvalue weighted by Gasteiger charge is 2.14. The molecule has 0 aliphatic carbocycles. The minimum absolute atomic E-state index is 0.0193. The maximum absolute atomic E-state index is 12.4. The van der Waals surface area contributed by atoms with Gasteiger partial charge in [0.05, 0.1) is 23.4 Å². The number of hydrogen-bond acceptors (Lipinski definition) is 4. The number of aromatic nitrogens is 2. The van der Waals surface area contributed by atoms with Crippen LogP contribution in [0.15, 0.2) is 84.0 Å². The van der Waals surface area contributed by atoms with Crippen molar-refractivity contribution >= 4 is 28.7 Å². The number of fused-ring (bicyclic) bond motifs is 1. The van der Waals surface area contributed by atoms with Gasteiger partial charge in [-0.3, -0.25) is 9.36 Å². The van der Waals surface area contributed by atoms with E-state index < -0.39 is 0 Å². The quantitative estimate of drug-likeness (QED) is 0.417. The number of ether oxygens (including phenoxy) is 1. The lowest BCUT2D eigenvalue weighted by Crippen LogP contribution is -2.24. The van der Waals surface area contributed by atoms with Crippen molar-refractivity contribution in [2.75, 3.05) is 12.4 Å². The van der Waals surface area contributed by atoms with Gasteiger partial charge in [0.15, 0.2) is 5.16 Å². The first-order chi connectivity index (χ1) is 14.7. The van der Waals surface area contributed by atoms with Crippen molar-refractivity contribution in [2.24, 2.45) is 0 Å². The zero-order valence-corrected chi connectivity index (χ0v) is 17.6. The highest BCUT2D eigenvalue weighted by molar-refractivity contribution is 7.99. The molecule has 0 saturated carbocycles. The molecule has 1 amide bonds. The smallest absolute Gasteiger partial charge is 0.230 e. The van der Waals surface area contributed by atoms with Crippen molar-refractivity contribution in [3.8, 4) is 11.4 Å². The van der Waals surface area contributed by atoms with Crippen molar-refractivity contribution in [1.29, 1.82) is 0 Å². The van der Waals surface area contributed by atoms with Crippen molar-refractivity contribution in [3.05, 3.63) is 84.4 Å². The Labute approximate surface area is 180 Å². The normalized spacial score (nSPS) is 10.8. The van der Waals surface area contributed by atoms with Gasteiger partial charge in [-0.15, -0.1) is 0 Å². The Balaban J connectivity index is 1.52. The zero-order valence-electron chi connectivity index (χ0n) is 16.7. The van der Waals surface area contributed by atoms with Crippen LogP contribution in [0.4, 0.5) is 0 Å². The average molecular weight is 418 g/mol. The Morgan fingerprint density at radius 3 is 2.50 bits per heavy atom. The van der Waals surface area contributed by atoms with Crippen molar-refractivity contribution in [3.63, 3.8) is 0 Å². The first-order valence-electron chi connectivity index (χ1n) is 9.88. The Morgan fingerprint density at radius 2 is 1.73 bits per heavy atom. The molecule has 0 spiro atoms. The van der Waals surface area contributed by atoms with Crippen LogP contribution in [-0.4, -0.2) is 27.8 Å². The highest BCUT2D eigenvalue weighted by Crippen LogP contribution is 2.28. The van der Waals surface area contributed by atoms with Crippen molar-refractivity contribution in [1.82, 2.24) is 14.9 Å². The monoisotopic (exact) mass is 417 g/mol. The summed E-state index contributed by atoms with van der Waals surface area (Å²) in [7, 11) is 0. The molecule has 0 fully saturated rings. The van der Waals surface area contributed by atoms with Gasteiger partial charge in [-0.2, -0.15) is 0 Å². The molecule has 1 aromatic heterocycles. The molecule has 0 bridgehead atoms. The zero-order chi connectivity index (χ0) is 20.8. The van der Waals surface area contributed by atoms with Crippen LogP contribution in [0.25, 0.3) is 16.7 Å². The van der Waals surface area contributed by atoms with E-state index >= 15 is 0 Å². The maximum atomic E-state index is 12.4. The van der Waals surface area contributed by atoms with Gasteiger partial charge in [0, 0.05) is 12.2 Å².